The summed E-state index contributed by atoms with van der Waals surface area (Å²) in [4.78, 5) is 19.7. The fourth-order valence-electron chi connectivity index (χ4n) is 3.28. The Hall–Kier alpha value is -1.46. The van der Waals surface area contributed by atoms with Crippen LogP contribution in [0.4, 0.5) is 5.82 Å². The van der Waals surface area contributed by atoms with E-state index >= 15 is 0 Å². The van der Waals surface area contributed by atoms with Crippen molar-refractivity contribution >= 4 is 33.7 Å². The van der Waals surface area contributed by atoms with Crippen LogP contribution in [0.2, 0.25) is 0 Å². The average molecular weight is 273 g/mol. The van der Waals surface area contributed by atoms with Crippen LogP contribution < -0.4 is 10.2 Å². The minimum Gasteiger partial charge on any atom is -0.352 e. The van der Waals surface area contributed by atoms with E-state index < -0.39 is 0 Å². The number of thiophene rings is 1. The number of anilines is 1. The van der Waals surface area contributed by atoms with Gasteiger partial charge >= 0.3 is 0 Å². The Morgan fingerprint density at radius 3 is 3.26 bits per heavy atom. The van der Waals surface area contributed by atoms with E-state index in [0.29, 0.717) is 6.04 Å². The number of carbonyl (C=O) groups excluding carboxylic acids is 1. The van der Waals surface area contributed by atoms with Gasteiger partial charge in [-0.2, -0.15) is 0 Å². The second kappa shape index (κ2) is 4.28. The minimum atomic E-state index is 0.593. The van der Waals surface area contributed by atoms with Crippen LogP contribution in [0.1, 0.15) is 16.1 Å². The molecule has 0 bridgehead atoms. The van der Waals surface area contributed by atoms with Gasteiger partial charge in [0.1, 0.15) is 10.6 Å². The van der Waals surface area contributed by atoms with Gasteiger partial charge in [-0.3, -0.25) is 4.79 Å². The van der Waals surface area contributed by atoms with Crippen LogP contribution in [0.3, 0.4) is 0 Å². The molecule has 0 radical (unpaired) electrons. The average Bonchev–Trinajstić information content (AvgIpc) is 3.11. The molecule has 2 aliphatic rings. The first-order chi connectivity index (χ1) is 9.35. The van der Waals surface area contributed by atoms with Gasteiger partial charge in [-0.25, -0.2) is 4.98 Å². The number of rotatable bonds is 2. The summed E-state index contributed by atoms with van der Waals surface area (Å²) >= 11 is 1.47. The Morgan fingerprint density at radius 2 is 2.37 bits per heavy atom. The van der Waals surface area contributed by atoms with Crippen molar-refractivity contribution < 1.29 is 4.79 Å². The van der Waals surface area contributed by atoms with Crippen LogP contribution in [0.5, 0.6) is 0 Å². The summed E-state index contributed by atoms with van der Waals surface area (Å²) in [5, 5.41) is 4.53. The third-order valence-corrected chi connectivity index (χ3v) is 5.21. The van der Waals surface area contributed by atoms with Gasteiger partial charge in [-0.1, -0.05) is 0 Å². The molecule has 0 aromatic carbocycles. The van der Waals surface area contributed by atoms with Crippen LogP contribution in [-0.2, 0) is 0 Å². The number of hydrogen-bond donors (Lipinski definition) is 1. The second-order valence-corrected chi connectivity index (χ2v) is 6.36. The third kappa shape index (κ3) is 1.76. The lowest BCUT2D eigenvalue weighted by molar-refractivity contribution is 0.112. The summed E-state index contributed by atoms with van der Waals surface area (Å²) in [6.07, 6.45) is 2.15. The number of fused-ring (bicyclic) bond motifs is 2. The standard InChI is InChI=1S/C14H15N3OS/c18-8-11-5-9-1-2-13(16-14(9)19-11)17-4-3-10-6-15-7-12(10)17/h1-2,5,8,10,12,15H,3-4,6-7H2. The van der Waals surface area contributed by atoms with Crippen molar-refractivity contribution in [2.45, 2.75) is 12.5 Å². The third-order valence-electron chi connectivity index (χ3n) is 4.24. The van der Waals surface area contributed by atoms with Crippen molar-refractivity contribution in [1.82, 2.24) is 10.3 Å². The molecule has 2 aliphatic heterocycles. The lowest BCUT2D eigenvalue weighted by atomic mass is 10.1. The zero-order chi connectivity index (χ0) is 12.8. The molecule has 2 aromatic heterocycles. The fraction of sp³-hybridized carbons (Fsp3) is 0.429. The first-order valence-electron chi connectivity index (χ1n) is 6.68. The molecule has 2 aromatic rings. The molecule has 2 atom stereocenters. The normalized spacial score (nSPS) is 26.0. The van der Waals surface area contributed by atoms with E-state index in [1.165, 1.54) is 17.8 Å². The van der Waals surface area contributed by atoms with Crippen molar-refractivity contribution in [3.63, 3.8) is 0 Å². The molecule has 0 saturated carbocycles. The summed E-state index contributed by atoms with van der Waals surface area (Å²) in [6, 6.07) is 6.67. The molecular formula is C14H15N3OS. The minimum absolute atomic E-state index is 0.593. The molecule has 0 aliphatic carbocycles. The van der Waals surface area contributed by atoms with Crippen LogP contribution >= 0.6 is 11.3 Å². The number of hydrogen-bond acceptors (Lipinski definition) is 5. The lowest BCUT2D eigenvalue weighted by Crippen LogP contribution is -2.34. The first kappa shape index (κ1) is 11.4. The topological polar surface area (TPSA) is 45.2 Å². The second-order valence-electron chi connectivity index (χ2n) is 5.30. The summed E-state index contributed by atoms with van der Waals surface area (Å²) in [6.45, 7) is 3.30. The maximum absolute atomic E-state index is 10.8. The Balaban J connectivity index is 1.72. The molecule has 2 fully saturated rings. The Kier molecular flexibility index (Phi) is 2.56. The molecule has 5 heteroatoms. The molecule has 98 valence electrons. The Bertz CT molecular complexity index is 639. The van der Waals surface area contributed by atoms with Crippen LogP contribution in [0.25, 0.3) is 10.2 Å². The summed E-state index contributed by atoms with van der Waals surface area (Å²) in [7, 11) is 0. The molecule has 2 saturated heterocycles. The smallest absolute Gasteiger partial charge is 0.160 e. The maximum atomic E-state index is 10.8. The number of nitrogens with one attached hydrogen (secondary N) is 1. The van der Waals surface area contributed by atoms with E-state index in [1.54, 1.807) is 0 Å². The summed E-state index contributed by atoms with van der Waals surface area (Å²) in [5.74, 6) is 1.83. The highest BCUT2D eigenvalue weighted by Gasteiger charge is 2.38. The van der Waals surface area contributed by atoms with Crippen molar-refractivity contribution in [2.75, 3.05) is 24.5 Å². The monoisotopic (exact) mass is 273 g/mol. The highest BCUT2D eigenvalue weighted by Crippen LogP contribution is 2.33. The van der Waals surface area contributed by atoms with E-state index in [9.17, 15) is 4.79 Å². The molecule has 4 rings (SSSR count). The van der Waals surface area contributed by atoms with E-state index in [0.717, 1.165) is 52.7 Å². The van der Waals surface area contributed by atoms with Gasteiger partial charge in [0, 0.05) is 31.1 Å². The highest BCUT2D eigenvalue weighted by atomic mass is 32.1. The number of nitrogens with zero attached hydrogens (tertiary/aromatic N) is 2. The highest BCUT2D eigenvalue weighted by molar-refractivity contribution is 7.20. The summed E-state index contributed by atoms with van der Waals surface area (Å²) in [5.41, 5.74) is 0. The van der Waals surface area contributed by atoms with Gasteiger partial charge in [0.2, 0.25) is 0 Å². The van der Waals surface area contributed by atoms with Crippen molar-refractivity contribution in [3.05, 3.63) is 23.1 Å². The Labute approximate surface area is 115 Å². The van der Waals surface area contributed by atoms with Crippen molar-refractivity contribution in [1.29, 1.82) is 0 Å². The number of pyridine rings is 1. The van der Waals surface area contributed by atoms with E-state index in [1.807, 2.05) is 6.07 Å². The van der Waals surface area contributed by atoms with Gasteiger partial charge < -0.3 is 10.2 Å². The van der Waals surface area contributed by atoms with Gasteiger partial charge in [0.15, 0.2) is 6.29 Å². The molecule has 4 heterocycles. The van der Waals surface area contributed by atoms with Crippen molar-refractivity contribution in [3.8, 4) is 0 Å². The number of aldehydes is 1. The summed E-state index contributed by atoms with van der Waals surface area (Å²) < 4.78 is 0. The predicted octanol–water partition coefficient (Wildman–Crippen LogP) is 1.91. The van der Waals surface area contributed by atoms with Gasteiger partial charge in [0.05, 0.1) is 4.88 Å². The van der Waals surface area contributed by atoms with Gasteiger partial charge in [-0.05, 0) is 30.5 Å². The Morgan fingerprint density at radius 1 is 1.42 bits per heavy atom. The SMILES string of the molecule is O=Cc1cc2ccc(N3CCC4CNCC43)nc2s1. The molecule has 2 unspecified atom stereocenters. The van der Waals surface area contributed by atoms with E-state index in [2.05, 4.69) is 22.3 Å². The maximum Gasteiger partial charge on any atom is 0.160 e. The van der Waals surface area contributed by atoms with Crippen LogP contribution in [0, 0.1) is 5.92 Å². The molecule has 0 amide bonds. The van der Waals surface area contributed by atoms with Crippen LogP contribution in [-0.4, -0.2) is 36.9 Å². The zero-order valence-corrected chi connectivity index (χ0v) is 11.3. The first-order valence-corrected chi connectivity index (χ1v) is 7.50. The molecule has 0 spiro atoms. The van der Waals surface area contributed by atoms with Crippen LogP contribution in [0.15, 0.2) is 18.2 Å². The van der Waals surface area contributed by atoms with E-state index in [-0.39, 0.29) is 0 Å². The predicted molar refractivity (Wildman–Crippen MR) is 77.1 cm³/mol. The quantitative estimate of drug-likeness (QED) is 0.849. The number of carbonyl (C=O) groups is 1. The molecule has 19 heavy (non-hydrogen) atoms. The van der Waals surface area contributed by atoms with E-state index in [4.69, 9.17) is 4.98 Å². The van der Waals surface area contributed by atoms with Gasteiger partial charge in [-0.15, -0.1) is 11.3 Å². The fourth-order valence-corrected chi connectivity index (χ4v) is 4.12. The molecule has 4 nitrogen and oxygen atoms in total. The molecular weight excluding hydrogens is 258 g/mol. The number of aromatic nitrogens is 1. The molecule has 1 N–H and O–H groups in total. The largest absolute Gasteiger partial charge is 0.352 e. The van der Waals surface area contributed by atoms with Gasteiger partial charge in [0.25, 0.3) is 0 Å². The zero-order valence-electron chi connectivity index (χ0n) is 10.5. The lowest BCUT2D eigenvalue weighted by Gasteiger charge is -2.24. The van der Waals surface area contributed by atoms with Crippen molar-refractivity contribution in [2.24, 2.45) is 5.92 Å².